The molecular weight excluding hydrogens is 346 g/mol. The SMILES string of the molecule is O=C(O)c1ccccc1SC/C(=N/O)c1ccc(-c2ccccc2)cc1. The molecule has 0 fully saturated rings. The minimum atomic E-state index is -0.970. The molecule has 0 spiro atoms. The standard InChI is InChI=1S/C21H17NO3S/c23-21(24)18-8-4-5-9-20(18)26-14-19(22-25)17-12-10-16(11-13-17)15-6-2-1-3-7-15/h1-13,25H,14H2,(H,23,24)/b22-19-. The van der Waals surface area contributed by atoms with Crippen molar-refractivity contribution in [2.75, 3.05) is 5.75 Å². The molecule has 0 aliphatic heterocycles. The van der Waals surface area contributed by atoms with Gasteiger partial charge in [-0.05, 0) is 23.3 Å². The van der Waals surface area contributed by atoms with Crippen molar-refractivity contribution in [3.05, 3.63) is 90.0 Å². The maximum Gasteiger partial charge on any atom is 0.336 e. The number of rotatable bonds is 6. The third-order valence-corrected chi connectivity index (χ3v) is 5.01. The van der Waals surface area contributed by atoms with Crippen LogP contribution in [0, 0.1) is 0 Å². The van der Waals surface area contributed by atoms with Crippen molar-refractivity contribution in [1.82, 2.24) is 0 Å². The molecule has 0 heterocycles. The van der Waals surface area contributed by atoms with Gasteiger partial charge in [0.2, 0.25) is 0 Å². The van der Waals surface area contributed by atoms with Gasteiger partial charge in [0.15, 0.2) is 0 Å². The maximum atomic E-state index is 11.3. The Morgan fingerprint density at radius 2 is 1.46 bits per heavy atom. The molecule has 3 aromatic rings. The number of oxime groups is 1. The molecule has 0 bridgehead atoms. The summed E-state index contributed by atoms with van der Waals surface area (Å²) in [6.07, 6.45) is 0. The van der Waals surface area contributed by atoms with E-state index in [1.54, 1.807) is 24.3 Å². The summed E-state index contributed by atoms with van der Waals surface area (Å²) >= 11 is 1.33. The first-order chi connectivity index (χ1) is 12.7. The molecule has 0 radical (unpaired) electrons. The molecule has 3 rings (SSSR count). The van der Waals surface area contributed by atoms with E-state index in [0.717, 1.165) is 16.7 Å². The predicted octanol–water partition coefficient (Wildman–Crippen LogP) is 5.02. The van der Waals surface area contributed by atoms with E-state index in [2.05, 4.69) is 5.16 Å². The topological polar surface area (TPSA) is 69.9 Å². The van der Waals surface area contributed by atoms with Gasteiger partial charge in [-0.1, -0.05) is 71.9 Å². The minimum absolute atomic E-state index is 0.245. The maximum absolute atomic E-state index is 11.3. The number of hydrogen-bond acceptors (Lipinski definition) is 4. The van der Waals surface area contributed by atoms with E-state index in [-0.39, 0.29) is 5.56 Å². The molecule has 2 N–H and O–H groups in total. The molecule has 0 saturated carbocycles. The zero-order valence-corrected chi connectivity index (χ0v) is 14.7. The lowest BCUT2D eigenvalue weighted by Gasteiger charge is -2.08. The van der Waals surface area contributed by atoms with Crippen LogP contribution >= 0.6 is 11.8 Å². The Morgan fingerprint density at radius 1 is 0.846 bits per heavy atom. The number of carbonyl (C=O) groups is 1. The molecule has 0 atom stereocenters. The van der Waals surface area contributed by atoms with E-state index in [9.17, 15) is 15.1 Å². The number of carboxylic acids is 1. The van der Waals surface area contributed by atoms with Crippen molar-refractivity contribution in [2.45, 2.75) is 4.90 Å². The smallest absolute Gasteiger partial charge is 0.336 e. The number of benzene rings is 3. The van der Waals surface area contributed by atoms with Gasteiger partial charge >= 0.3 is 5.97 Å². The molecule has 3 aromatic carbocycles. The van der Waals surface area contributed by atoms with Crippen molar-refractivity contribution >= 4 is 23.4 Å². The van der Waals surface area contributed by atoms with Gasteiger partial charge in [0.1, 0.15) is 0 Å². The first-order valence-electron chi connectivity index (χ1n) is 8.01. The molecule has 0 saturated heterocycles. The van der Waals surface area contributed by atoms with E-state index in [1.165, 1.54) is 11.8 Å². The number of thioether (sulfide) groups is 1. The quantitative estimate of drug-likeness (QED) is 0.279. The molecule has 0 amide bonds. The van der Waals surface area contributed by atoms with Crippen molar-refractivity contribution in [1.29, 1.82) is 0 Å². The van der Waals surface area contributed by atoms with Crippen LogP contribution in [0.3, 0.4) is 0 Å². The summed E-state index contributed by atoms with van der Waals surface area (Å²) in [6.45, 7) is 0. The van der Waals surface area contributed by atoms with Crippen LogP contribution in [0.5, 0.6) is 0 Å². The normalized spacial score (nSPS) is 11.3. The Hall–Kier alpha value is -3.05. The highest BCUT2D eigenvalue weighted by Crippen LogP contribution is 2.25. The number of carboxylic acid groups (broad SMARTS) is 1. The number of hydrogen-bond donors (Lipinski definition) is 2. The van der Waals surface area contributed by atoms with Crippen LogP contribution < -0.4 is 0 Å². The summed E-state index contributed by atoms with van der Waals surface area (Å²) in [5.41, 5.74) is 3.73. The first kappa shape index (κ1) is 17.8. The Bertz CT molecular complexity index is 922. The third-order valence-electron chi connectivity index (χ3n) is 3.93. The average molecular weight is 363 g/mol. The minimum Gasteiger partial charge on any atom is -0.478 e. The van der Waals surface area contributed by atoms with Crippen LogP contribution in [0.2, 0.25) is 0 Å². The molecule has 0 aromatic heterocycles. The molecule has 130 valence electrons. The second-order valence-electron chi connectivity index (χ2n) is 5.58. The fourth-order valence-electron chi connectivity index (χ4n) is 2.57. The summed E-state index contributed by atoms with van der Waals surface area (Å²) in [6, 6.07) is 24.6. The van der Waals surface area contributed by atoms with E-state index >= 15 is 0 Å². The second kappa shape index (κ2) is 8.36. The van der Waals surface area contributed by atoms with E-state index in [4.69, 9.17) is 0 Å². The van der Waals surface area contributed by atoms with E-state index < -0.39 is 5.97 Å². The number of nitrogens with zero attached hydrogens (tertiary/aromatic N) is 1. The van der Waals surface area contributed by atoms with Crippen LogP contribution in [-0.2, 0) is 0 Å². The molecule has 5 heteroatoms. The lowest BCUT2D eigenvalue weighted by atomic mass is 10.0. The Kier molecular flexibility index (Phi) is 5.71. The summed E-state index contributed by atoms with van der Waals surface area (Å²) in [4.78, 5) is 11.9. The first-order valence-corrected chi connectivity index (χ1v) is 8.99. The highest BCUT2D eigenvalue weighted by Gasteiger charge is 2.12. The lowest BCUT2D eigenvalue weighted by Crippen LogP contribution is -2.06. The van der Waals surface area contributed by atoms with Crippen molar-refractivity contribution in [3.63, 3.8) is 0 Å². The monoisotopic (exact) mass is 363 g/mol. The second-order valence-corrected chi connectivity index (χ2v) is 6.60. The Labute approximate surface area is 155 Å². The van der Waals surface area contributed by atoms with Gasteiger partial charge in [0.05, 0.1) is 11.3 Å². The van der Waals surface area contributed by atoms with Gasteiger partial charge in [-0.3, -0.25) is 0 Å². The van der Waals surface area contributed by atoms with Gasteiger partial charge in [0.25, 0.3) is 0 Å². The lowest BCUT2D eigenvalue weighted by molar-refractivity contribution is 0.0693. The van der Waals surface area contributed by atoms with Gasteiger partial charge in [0, 0.05) is 16.2 Å². The van der Waals surface area contributed by atoms with E-state index in [0.29, 0.717) is 16.4 Å². The fraction of sp³-hybridized carbons (Fsp3) is 0.0476. The summed E-state index contributed by atoms with van der Waals surface area (Å²) in [7, 11) is 0. The van der Waals surface area contributed by atoms with Crippen LogP contribution in [0.15, 0.2) is 88.9 Å². The highest BCUT2D eigenvalue weighted by molar-refractivity contribution is 8.00. The molecule has 0 unspecified atom stereocenters. The van der Waals surface area contributed by atoms with Crippen LogP contribution in [0.25, 0.3) is 11.1 Å². The molecule has 0 aliphatic rings. The molecular formula is C21H17NO3S. The van der Waals surface area contributed by atoms with Crippen LogP contribution in [-0.4, -0.2) is 27.7 Å². The van der Waals surface area contributed by atoms with Crippen LogP contribution in [0.1, 0.15) is 15.9 Å². The van der Waals surface area contributed by atoms with Gasteiger partial charge < -0.3 is 10.3 Å². The Balaban J connectivity index is 1.75. The molecule has 0 aliphatic carbocycles. The summed E-state index contributed by atoms with van der Waals surface area (Å²) < 4.78 is 0. The zero-order chi connectivity index (χ0) is 18.4. The largest absolute Gasteiger partial charge is 0.478 e. The van der Waals surface area contributed by atoms with Gasteiger partial charge in [-0.15, -0.1) is 11.8 Å². The van der Waals surface area contributed by atoms with Crippen molar-refractivity contribution in [3.8, 4) is 11.1 Å². The van der Waals surface area contributed by atoms with Gasteiger partial charge in [-0.2, -0.15) is 0 Å². The number of aromatic carboxylic acids is 1. The average Bonchev–Trinajstić information content (AvgIpc) is 2.70. The van der Waals surface area contributed by atoms with Crippen molar-refractivity contribution in [2.24, 2.45) is 5.16 Å². The van der Waals surface area contributed by atoms with Crippen LogP contribution in [0.4, 0.5) is 0 Å². The highest BCUT2D eigenvalue weighted by atomic mass is 32.2. The molecule has 4 nitrogen and oxygen atoms in total. The van der Waals surface area contributed by atoms with Crippen molar-refractivity contribution < 1.29 is 15.1 Å². The van der Waals surface area contributed by atoms with E-state index in [1.807, 2.05) is 54.6 Å². The third kappa shape index (κ3) is 4.13. The van der Waals surface area contributed by atoms with Gasteiger partial charge in [-0.25, -0.2) is 4.79 Å². The predicted molar refractivity (Wildman–Crippen MR) is 104 cm³/mol. The molecule has 26 heavy (non-hydrogen) atoms. The zero-order valence-electron chi connectivity index (χ0n) is 13.9. The Morgan fingerprint density at radius 3 is 2.12 bits per heavy atom. The summed E-state index contributed by atoms with van der Waals surface area (Å²) in [5, 5.41) is 22.0. The summed E-state index contributed by atoms with van der Waals surface area (Å²) in [5.74, 6) is -0.603. The fourth-order valence-corrected chi connectivity index (χ4v) is 3.57.